The number of hydrogen-bond donors (Lipinski definition) is 1. The molecule has 2 fully saturated rings. The van der Waals surface area contributed by atoms with E-state index < -0.39 is 0 Å². The van der Waals surface area contributed by atoms with Crippen molar-refractivity contribution in [3.8, 4) is 6.07 Å². The van der Waals surface area contributed by atoms with Gasteiger partial charge < -0.3 is 10.2 Å². The van der Waals surface area contributed by atoms with Gasteiger partial charge >= 0.3 is 0 Å². The van der Waals surface area contributed by atoms with Crippen molar-refractivity contribution in [1.82, 2.24) is 15.1 Å². The summed E-state index contributed by atoms with van der Waals surface area (Å²) < 4.78 is 0. The maximum absolute atomic E-state index is 13.6. The molecule has 40 heavy (non-hydrogen) atoms. The Kier molecular flexibility index (Phi) is 7.35. The SMILES string of the molecule is N#Cc1cccc(CN2CCC3(CC2)CCN(C(=O)c2ccc4c(c2)C(NC(=O)c2ccccc2Cl)CC4)C3)c1. The average Bonchev–Trinajstić information content (AvgIpc) is 3.58. The Morgan fingerprint density at radius 1 is 1.00 bits per heavy atom. The maximum atomic E-state index is 13.6. The summed E-state index contributed by atoms with van der Waals surface area (Å²) in [6.07, 6.45) is 4.89. The maximum Gasteiger partial charge on any atom is 0.253 e. The number of carbonyl (C=O) groups is 2. The smallest absolute Gasteiger partial charge is 0.253 e. The number of aryl methyl sites for hydroxylation is 1. The second kappa shape index (κ2) is 11.1. The third kappa shape index (κ3) is 5.37. The fourth-order valence-electron chi connectivity index (χ4n) is 6.65. The summed E-state index contributed by atoms with van der Waals surface area (Å²) in [4.78, 5) is 31.0. The third-order valence-electron chi connectivity index (χ3n) is 9.00. The van der Waals surface area contributed by atoms with Crippen LogP contribution in [0.25, 0.3) is 0 Å². The number of hydrogen-bond acceptors (Lipinski definition) is 4. The number of piperidine rings is 1. The lowest BCUT2D eigenvalue weighted by atomic mass is 9.77. The van der Waals surface area contributed by atoms with Crippen molar-refractivity contribution in [2.24, 2.45) is 5.41 Å². The number of nitrogens with one attached hydrogen (secondary N) is 1. The molecule has 1 N–H and O–H groups in total. The molecule has 2 heterocycles. The van der Waals surface area contributed by atoms with Gasteiger partial charge in [-0.05, 0) is 104 Å². The van der Waals surface area contributed by atoms with E-state index >= 15 is 0 Å². The van der Waals surface area contributed by atoms with E-state index in [1.807, 2.05) is 47.4 Å². The highest BCUT2D eigenvalue weighted by atomic mass is 35.5. The molecular weight excluding hydrogens is 520 g/mol. The first-order valence-corrected chi connectivity index (χ1v) is 14.5. The zero-order valence-corrected chi connectivity index (χ0v) is 23.3. The van der Waals surface area contributed by atoms with Crippen LogP contribution >= 0.6 is 11.6 Å². The molecule has 3 aromatic carbocycles. The number of amides is 2. The minimum atomic E-state index is -0.189. The van der Waals surface area contributed by atoms with Crippen molar-refractivity contribution in [3.63, 3.8) is 0 Å². The van der Waals surface area contributed by atoms with E-state index in [2.05, 4.69) is 28.4 Å². The van der Waals surface area contributed by atoms with Gasteiger partial charge in [-0.3, -0.25) is 14.5 Å². The van der Waals surface area contributed by atoms with E-state index in [-0.39, 0.29) is 23.3 Å². The minimum Gasteiger partial charge on any atom is -0.345 e. The minimum absolute atomic E-state index is 0.0819. The van der Waals surface area contributed by atoms with Gasteiger partial charge in [-0.1, -0.05) is 41.9 Å². The molecule has 3 aromatic rings. The van der Waals surface area contributed by atoms with Crippen LogP contribution in [-0.4, -0.2) is 47.8 Å². The van der Waals surface area contributed by atoms with Gasteiger partial charge in [-0.15, -0.1) is 0 Å². The van der Waals surface area contributed by atoms with E-state index in [1.54, 1.807) is 12.1 Å². The quantitative estimate of drug-likeness (QED) is 0.437. The van der Waals surface area contributed by atoms with Crippen LogP contribution in [0.4, 0.5) is 0 Å². The van der Waals surface area contributed by atoms with Crippen molar-refractivity contribution >= 4 is 23.4 Å². The van der Waals surface area contributed by atoms with Crippen LogP contribution in [0.5, 0.6) is 0 Å². The molecule has 6 rings (SSSR count). The number of rotatable bonds is 5. The summed E-state index contributed by atoms with van der Waals surface area (Å²) >= 11 is 6.24. The summed E-state index contributed by atoms with van der Waals surface area (Å²) in [5.41, 5.74) is 5.45. The molecular formula is C33H33ClN4O2. The van der Waals surface area contributed by atoms with Crippen molar-refractivity contribution in [2.75, 3.05) is 26.2 Å². The molecule has 2 saturated heterocycles. The van der Waals surface area contributed by atoms with Gasteiger partial charge in [0.05, 0.1) is 28.3 Å². The number of nitrogens with zero attached hydrogens (tertiary/aromatic N) is 3. The Morgan fingerprint density at radius 3 is 2.60 bits per heavy atom. The molecule has 1 unspecified atom stereocenters. The van der Waals surface area contributed by atoms with E-state index in [9.17, 15) is 14.9 Å². The van der Waals surface area contributed by atoms with Crippen molar-refractivity contribution in [2.45, 2.75) is 44.7 Å². The van der Waals surface area contributed by atoms with E-state index in [1.165, 1.54) is 11.1 Å². The highest BCUT2D eigenvalue weighted by Gasteiger charge is 2.42. The number of benzene rings is 3. The van der Waals surface area contributed by atoms with Gasteiger partial charge in [0.1, 0.15) is 0 Å². The van der Waals surface area contributed by atoms with Crippen molar-refractivity contribution in [3.05, 3.63) is 105 Å². The Hall–Kier alpha value is -3.66. The summed E-state index contributed by atoms with van der Waals surface area (Å²) in [5, 5.41) is 12.8. The second-order valence-corrected chi connectivity index (χ2v) is 11.9. The highest BCUT2D eigenvalue weighted by molar-refractivity contribution is 6.33. The van der Waals surface area contributed by atoms with Gasteiger partial charge in [0.25, 0.3) is 11.8 Å². The number of halogens is 1. The Morgan fingerprint density at radius 2 is 1.80 bits per heavy atom. The lowest BCUT2D eigenvalue weighted by Crippen LogP contribution is -2.42. The molecule has 0 saturated carbocycles. The van der Waals surface area contributed by atoms with Crippen LogP contribution < -0.4 is 5.32 Å². The van der Waals surface area contributed by atoms with Gasteiger partial charge in [-0.25, -0.2) is 0 Å². The van der Waals surface area contributed by atoms with Gasteiger partial charge in [0, 0.05) is 25.2 Å². The van der Waals surface area contributed by atoms with E-state index in [0.29, 0.717) is 21.7 Å². The van der Waals surface area contributed by atoms with Crippen LogP contribution in [0, 0.1) is 16.7 Å². The molecule has 1 aliphatic carbocycles. The fourth-order valence-corrected chi connectivity index (χ4v) is 6.87. The average molecular weight is 553 g/mol. The van der Waals surface area contributed by atoms with E-state index in [0.717, 1.165) is 70.4 Å². The largest absolute Gasteiger partial charge is 0.345 e. The Balaban J connectivity index is 1.08. The zero-order chi connectivity index (χ0) is 27.7. The molecule has 0 bridgehead atoms. The first-order valence-electron chi connectivity index (χ1n) is 14.1. The summed E-state index contributed by atoms with van der Waals surface area (Å²) in [7, 11) is 0. The Bertz CT molecular complexity index is 1490. The van der Waals surface area contributed by atoms with Crippen LogP contribution in [0.2, 0.25) is 5.02 Å². The second-order valence-electron chi connectivity index (χ2n) is 11.5. The van der Waals surface area contributed by atoms with Gasteiger partial charge in [0.2, 0.25) is 0 Å². The van der Waals surface area contributed by atoms with Crippen LogP contribution in [0.1, 0.15) is 74.7 Å². The lowest BCUT2D eigenvalue weighted by Gasteiger charge is -2.39. The standard InChI is InChI=1S/C33H33ClN4O2/c34-29-7-2-1-6-27(29)31(39)36-30-11-10-25-8-9-26(19-28(25)30)32(40)38-17-14-33(22-38)12-15-37(16-13-33)21-24-5-3-4-23(18-24)20-35/h1-9,18-19,30H,10-17,21-22H2,(H,36,39). The molecule has 1 atom stereocenters. The number of likely N-dealkylation sites (tertiary alicyclic amines) is 2. The van der Waals surface area contributed by atoms with Crippen LogP contribution in [0.15, 0.2) is 66.7 Å². The number of carbonyl (C=O) groups excluding carboxylic acids is 2. The molecule has 2 aliphatic heterocycles. The zero-order valence-electron chi connectivity index (χ0n) is 22.5. The predicted molar refractivity (Wildman–Crippen MR) is 155 cm³/mol. The molecule has 7 heteroatoms. The van der Waals surface area contributed by atoms with Crippen molar-refractivity contribution < 1.29 is 9.59 Å². The van der Waals surface area contributed by atoms with Gasteiger partial charge in [-0.2, -0.15) is 5.26 Å². The predicted octanol–water partition coefficient (Wildman–Crippen LogP) is 5.76. The lowest BCUT2D eigenvalue weighted by molar-refractivity contribution is 0.0713. The summed E-state index contributed by atoms with van der Waals surface area (Å²) in [6.45, 7) is 4.45. The normalized spacial score (nSPS) is 19.8. The topological polar surface area (TPSA) is 76.4 Å². The number of fused-ring (bicyclic) bond motifs is 1. The molecule has 0 aromatic heterocycles. The highest BCUT2D eigenvalue weighted by Crippen LogP contribution is 2.41. The molecule has 204 valence electrons. The van der Waals surface area contributed by atoms with Gasteiger partial charge in [0.15, 0.2) is 0 Å². The van der Waals surface area contributed by atoms with Crippen LogP contribution in [-0.2, 0) is 13.0 Å². The molecule has 6 nitrogen and oxygen atoms in total. The first-order chi connectivity index (χ1) is 19.4. The monoisotopic (exact) mass is 552 g/mol. The van der Waals surface area contributed by atoms with Crippen molar-refractivity contribution in [1.29, 1.82) is 5.26 Å². The Labute approximate surface area is 240 Å². The third-order valence-corrected chi connectivity index (χ3v) is 9.33. The van der Waals surface area contributed by atoms with Crippen LogP contribution in [0.3, 0.4) is 0 Å². The molecule has 1 spiro atoms. The first kappa shape index (κ1) is 26.6. The summed E-state index contributed by atoms with van der Waals surface area (Å²) in [5.74, 6) is -0.107. The molecule has 0 radical (unpaired) electrons. The van der Waals surface area contributed by atoms with E-state index in [4.69, 9.17) is 11.6 Å². The number of nitriles is 1. The summed E-state index contributed by atoms with van der Waals surface area (Å²) in [6, 6.07) is 23.0. The fraction of sp³-hybridized carbons (Fsp3) is 0.364. The molecule has 3 aliphatic rings. The molecule has 2 amide bonds.